The van der Waals surface area contributed by atoms with Crippen molar-refractivity contribution >= 4 is 29.3 Å². The van der Waals surface area contributed by atoms with Gasteiger partial charge in [-0.2, -0.15) is 0 Å². The highest BCUT2D eigenvalue weighted by atomic mass is 35.5. The molecule has 1 aliphatic rings. The Balaban J connectivity index is 2.46. The van der Waals surface area contributed by atoms with Crippen molar-refractivity contribution in [3.8, 4) is 0 Å². The Hall–Kier alpha value is -1.92. The molecule has 0 saturated carbocycles. The first-order valence-electron chi connectivity index (χ1n) is 8.67. The van der Waals surface area contributed by atoms with Crippen molar-refractivity contribution in [3.05, 3.63) is 34.9 Å². The van der Waals surface area contributed by atoms with Crippen molar-refractivity contribution in [1.29, 1.82) is 0 Å². The van der Waals surface area contributed by atoms with Gasteiger partial charge in [0.05, 0.1) is 25.2 Å². The van der Waals surface area contributed by atoms with Crippen molar-refractivity contribution in [2.75, 3.05) is 26.4 Å². The lowest BCUT2D eigenvalue weighted by atomic mass is 9.69. The fourth-order valence-electron chi connectivity index (χ4n) is 3.17. The monoisotopic (exact) mass is 382 g/mol. The van der Waals surface area contributed by atoms with Crippen LogP contribution in [0.1, 0.15) is 32.3 Å². The normalized spacial score (nSPS) is 19.8. The number of Topliss-reactive ketones (excluding diaryl/α,β-unsaturated/α-hetero) is 1. The van der Waals surface area contributed by atoms with E-state index in [1.165, 1.54) is 0 Å². The number of hydrogen-bond acceptors (Lipinski definition) is 6. The molecule has 0 amide bonds. The zero-order valence-electron chi connectivity index (χ0n) is 15.0. The Bertz CT molecular complexity index is 630. The summed E-state index contributed by atoms with van der Waals surface area (Å²) in [7, 11) is 0. The van der Waals surface area contributed by atoms with Crippen LogP contribution in [-0.4, -0.2) is 44.1 Å². The fraction of sp³-hybridized carbons (Fsp3) is 0.526. The van der Waals surface area contributed by atoms with Gasteiger partial charge in [0.25, 0.3) is 0 Å². The van der Waals surface area contributed by atoms with Gasteiger partial charge in [0, 0.05) is 11.6 Å². The molecule has 0 bridgehead atoms. The Morgan fingerprint density at radius 2 is 1.69 bits per heavy atom. The molecule has 0 aliphatic carbocycles. The number of halogens is 1. The highest BCUT2D eigenvalue weighted by Crippen LogP contribution is 2.37. The summed E-state index contributed by atoms with van der Waals surface area (Å²) in [4.78, 5) is 38.2. The number of carbonyl (C=O) groups excluding carboxylic acids is 3. The van der Waals surface area contributed by atoms with Crippen LogP contribution >= 0.6 is 11.6 Å². The Labute approximate surface area is 157 Å². The third-order valence-electron chi connectivity index (χ3n) is 4.42. The number of benzene rings is 1. The van der Waals surface area contributed by atoms with Gasteiger partial charge in [-0.25, -0.2) is 0 Å². The molecule has 0 N–H and O–H groups in total. The maximum Gasteiger partial charge on any atom is 0.328 e. The first kappa shape index (κ1) is 20.4. The average molecular weight is 383 g/mol. The zero-order valence-corrected chi connectivity index (χ0v) is 15.7. The molecule has 0 spiro atoms. The van der Waals surface area contributed by atoms with Gasteiger partial charge >= 0.3 is 11.9 Å². The van der Waals surface area contributed by atoms with E-state index < -0.39 is 29.1 Å². The van der Waals surface area contributed by atoms with E-state index in [9.17, 15) is 14.4 Å². The Morgan fingerprint density at radius 1 is 1.12 bits per heavy atom. The molecular formula is C19H23ClO6. The van der Waals surface area contributed by atoms with Crippen LogP contribution in [0.4, 0.5) is 0 Å². The SMILES string of the molecule is CCOC(=O)C(C(=O)OCC)C(=O)[C@@]1(c2ccc(Cl)cc2)CCCOC1. The van der Waals surface area contributed by atoms with Gasteiger partial charge in [-0.3, -0.25) is 14.4 Å². The molecule has 1 aliphatic heterocycles. The van der Waals surface area contributed by atoms with Crippen LogP contribution in [0.15, 0.2) is 24.3 Å². The zero-order chi connectivity index (χ0) is 19.2. The van der Waals surface area contributed by atoms with Crippen LogP contribution in [0.3, 0.4) is 0 Å². The summed E-state index contributed by atoms with van der Waals surface area (Å²) in [5.74, 6) is -3.98. The maximum atomic E-state index is 13.4. The maximum absolute atomic E-state index is 13.4. The number of ether oxygens (including phenoxy) is 3. The van der Waals surface area contributed by atoms with Crippen LogP contribution in [-0.2, 0) is 34.0 Å². The number of hydrogen-bond donors (Lipinski definition) is 0. The lowest BCUT2D eigenvalue weighted by Gasteiger charge is -2.37. The van der Waals surface area contributed by atoms with Crippen molar-refractivity contribution in [2.24, 2.45) is 5.92 Å². The standard InChI is InChI=1S/C19H23ClO6/c1-3-25-17(22)15(18(23)26-4-2)16(21)19(10-5-11-24-12-19)13-6-8-14(20)9-7-13/h6-9,15H,3-5,10-12H2,1-2H3/t19-/m0/s1. The summed E-state index contributed by atoms with van der Waals surface area (Å²) in [6.45, 7) is 3.96. The van der Waals surface area contributed by atoms with Gasteiger partial charge in [-0.05, 0) is 44.4 Å². The van der Waals surface area contributed by atoms with Gasteiger partial charge in [-0.15, -0.1) is 0 Å². The predicted molar refractivity (Wildman–Crippen MR) is 94.9 cm³/mol. The molecule has 0 radical (unpaired) electrons. The van der Waals surface area contributed by atoms with E-state index in [4.69, 9.17) is 25.8 Å². The minimum atomic E-state index is -1.63. The van der Waals surface area contributed by atoms with Crippen LogP contribution < -0.4 is 0 Å². The molecule has 6 nitrogen and oxygen atoms in total. The van der Waals surface area contributed by atoms with Gasteiger partial charge in [-0.1, -0.05) is 23.7 Å². The molecule has 1 fully saturated rings. The third-order valence-corrected chi connectivity index (χ3v) is 4.67. The number of carbonyl (C=O) groups is 3. The van der Waals surface area contributed by atoms with E-state index in [1.54, 1.807) is 38.1 Å². The second-order valence-electron chi connectivity index (χ2n) is 6.05. The fourth-order valence-corrected chi connectivity index (χ4v) is 3.29. The summed E-state index contributed by atoms with van der Waals surface area (Å²) in [5, 5.41) is 0.528. The highest BCUT2D eigenvalue weighted by Gasteiger charge is 2.51. The van der Waals surface area contributed by atoms with Crippen molar-refractivity contribution in [2.45, 2.75) is 32.1 Å². The lowest BCUT2D eigenvalue weighted by molar-refractivity contribution is -0.166. The number of esters is 2. The van der Waals surface area contributed by atoms with Crippen molar-refractivity contribution in [3.63, 3.8) is 0 Å². The Morgan fingerprint density at radius 3 is 2.15 bits per heavy atom. The number of rotatable bonds is 7. The van der Waals surface area contributed by atoms with E-state index in [-0.39, 0.29) is 19.8 Å². The molecule has 2 rings (SSSR count). The second kappa shape index (κ2) is 9.14. The van der Waals surface area contributed by atoms with Crippen LogP contribution in [0, 0.1) is 5.92 Å². The third kappa shape index (κ3) is 4.24. The van der Waals surface area contributed by atoms with E-state index in [2.05, 4.69) is 0 Å². The van der Waals surface area contributed by atoms with Gasteiger partial charge in [0.1, 0.15) is 0 Å². The molecule has 0 aromatic heterocycles. The van der Waals surface area contributed by atoms with Gasteiger partial charge in [0.2, 0.25) is 5.92 Å². The van der Waals surface area contributed by atoms with Crippen LogP contribution in [0.2, 0.25) is 5.02 Å². The highest BCUT2D eigenvalue weighted by molar-refractivity contribution is 6.30. The van der Waals surface area contributed by atoms with E-state index in [0.29, 0.717) is 30.0 Å². The summed E-state index contributed by atoms with van der Waals surface area (Å²) in [5.41, 5.74) is -0.460. The molecule has 1 saturated heterocycles. The molecular weight excluding hydrogens is 360 g/mol. The first-order chi connectivity index (χ1) is 12.5. The van der Waals surface area contributed by atoms with E-state index in [0.717, 1.165) is 0 Å². The van der Waals surface area contributed by atoms with Crippen LogP contribution in [0.5, 0.6) is 0 Å². The summed E-state index contributed by atoms with van der Waals surface area (Å²) in [6, 6.07) is 6.79. The topological polar surface area (TPSA) is 78.9 Å². The van der Waals surface area contributed by atoms with Crippen molar-refractivity contribution in [1.82, 2.24) is 0 Å². The summed E-state index contributed by atoms with van der Waals surface area (Å²) >= 11 is 5.96. The summed E-state index contributed by atoms with van der Waals surface area (Å²) in [6.07, 6.45) is 1.09. The van der Waals surface area contributed by atoms with E-state index >= 15 is 0 Å². The minimum Gasteiger partial charge on any atom is -0.465 e. The molecule has 142 valence electrons. The molecule has 0 unspecified atom stereocenters. The Kier molecular flexibility index (Phi) is 7.17. The van der Waals surface area contributed by atoms with Crippen LogP contribution in [0.25, 0.3) is 0 Å². The van der Waals surface area contributed by atoms with E-state index in [1.807, 2.05) is 0 Å². The molecule has 1 heterocycles. The average Bonchev–Trinajstić information content (AvgIpc) is 2.63. The molecule has 1 atom stereocenters. The second-order valence-corrected chi connectivity index (χ2v) is 6.48. The quantitative estimate of drug-likeness (QED) is 0.533. The number of ketones is 1. The van der Waals surface area contributed by atoms with Gasteiger partial charge in [0.15, 0.2) is 5.78 Å². The smallest absolute Gasteiger partial charge is 0.328 e. The summed E-state index contributed by atoms with van der Waals surface area (Å²) < 4.78 is 15.5. The molecule has 1 aromatic rings. The lowest BCUT2D eigenvalue weighted by Crippen LogP contribution is -2.51. The first-order valence-corrected chi connectivity index (χ1v) is 9.05. The molecule has 26 heavy (non-hydrogen) atoms. The molecule has 7 heteroatoms. The van der Waals surface area contributed by atoms with Gasteiger partial charge < -0.3 is 14.2 Å². The van der Waals surface area contributed by atoms with Crippen molar-refractivity contribution < 1.29 is 28.6 Å². The largest absolute Gasteiger partial charge is 0.465 e. The minimum absolute atomic E-state index is 0.0620. The molecule has 1 aromatic carbocycles. The predicted octanol–water partition coefficient (Wildman–Crippen LogP) is 2.70.